The third-order valence-electron chi connectivity index (χ3n) is 5.14. The fourth-order valence-electron chi connectivity index (χ4n) is 3.56. The Morgan fingerprint density at radius 3 is 2.48 bits per heavy atom. The third kappa shape index (κ3) is 5.35. The number of sulfonamides is 1. The van der Waals surface area contributed by atoms with Gasteiger partial charge in [-0.15, -0.1) is 0 Å². The summed E-state index contributed by atoms with van der Waals surface area (Å²) in [5.41, 5.74) is 0. The summed E-state index contributed by atoms with van der Waals surface area (Å²) in [5.74, 6) is 2.70. The van der Waals surface area contributed by atoms with Crippen molar-refractivity contribution in [2.24, 2.45) is 16.8 Å². The molecule has 0 aromatic carbocycles. The summed E-state index contributed by atoms with van der Waals surface area (Å²) >= 11 is 0. The Labute approximate surface area is 141 Å². The van der Waals surface area contributed by atoms with Crippen LogP contribution in [0.1, 0.15) is 46.0 Å². The highest BCUT2D eigenvalue weighted by Gasteiger charge is 2.27. The molecule has 7 heteroatoms. The molecule has 1 aliphatic carbocycles. The van der Waals surface area contributed by atoms with E-state index in [1.165, 1.54) is 25.7 Å². The molecule has 0 aromatic rings. The van der Waals surface area contributed by atoms with E-state index in [-0.39, 0.29) is 0 Å². The minimum atomic E-state index is -3.00. The molecule has 1 saturated heterocycles. The van der Waals surface area contributed by atoms with E-state index in [9.17, 15) is 8.42 Å². The van der Waals surface area contributed by atoms with Gasteiger partial charge in [-0.1, -0.05) is 13.8 Å². The van der Waals surface area contributed by atoms with Gasteiger partial charge in [0.1, 0.15) is 0 Å². The van der Waals surface area contributed by atoms with Crippen LogP contribution in [0.25, 0.3) is 0 Å². The average molecular weight is 345 g/mol. The van der Waals surface area contributed by atoms with Crippen LogP contribution < -0.4 is 10.6 Å². The Balaban J connectivity index is 1.70. The van der Waals surface area contributed by atoms with Crippen molar-refractivity contribution in [3.05, 3.63) is 0 Å². The number of guanidine groups is 1. The summed E-state index contributed by atoms with van der Waals surface area (Å²) in [6, 6.07) is 0.478. The Hall–Kier alpha value is -0.820. The first kappa shape index (κ1) is 18.5. The monoisotopic (exact) mass is 344 g/mol. The van der Waals surface area contributed by atoms with Crippen molar-refractivity contribution in [2.75, 3.05) is 32.4 Å². The zero-order valence-corrected chi connectivity index (χ0v) is 15.5. The van der Waals surface area contributed by atoms with Gasteiger partial charge in [-0.05, 0) is 43.9 Å². The SMILES string of the molecule is CN=C(NCCN1CCCS1(=O)=O)NC1CCC(C(C)C)CC1. The van der Waals surface area contributed by atoms with Crippen molar-refractivity contribution in [3.63, 3.8) is 0 Å². The summed E-state index contributed by atoms with van der Waals surface area (Å²) in [6.45, 7) is 6.38. The van der Waals surface area contributed by atoms with Gasteiger partial charge >= 0.3 is 0 Å². The van der Waals surface area contributed by atoms with Crippen LogP contribution in [0, 0.1) is 11.8 Å². The molecule has 0 bridgehead atoms. The maximum atomic E-state index is 11.8. The van der Waals surface area contributed by atoms with Gasteiger partial charge in [-0.25, -0.2) is 12.7 Å². The molecule has 23 heavy (non-hydrogen) atoms. The minimum absolute atomic E-state index is 0.291. The number of nitrogens with one attached hydrogen (secondary N) is 2. The minimum Gasteiger partial charge on any atom is -0.355 e. The van der Waals surface area contributed by atoms with Crippen molar-refractivity contribution in [1.82, 2.24) is 14.9 Å². The molecule has 0 spiro atoms. The quantitative estimate of drug-likeness (QED) is 0.584. The number of nitrogens with zero attached hydrogens (tertiary/aromatic N) is 2. The molecule has 6 nitrogen and oxygen atoms in total. The van der Waals surface area contributed by atoms with Gasteiger partial charge in [0.2, 0.25) is 10.0 Å². The van der Waals surface area contributed by atoms with Crippen LogP contribution >= 0.6 is 0 Å². The van der Waals surface area contributed by atoms with Gasteiger partial charge in [0.15, 0.2) is 5.96 Å². The molecule has 2 rings (SSSR count). The van der Waals surface area contributed by atoms with E-state index in [0.29, 0.717) is 31.4 Å². The van der Waals surface area contributed by atoms with E-state index in [1.807, 2.05) is 0 Å². The molecule has 2 aliphatic rings. The van der Waals surface area contributed by atoms with E-state index in [4.69, 9.17) is 0 Å². The molecule has 2 N–H and O–H groups in total. The smallest absolute Gasteiger partial charge is 0.214 e. The molecule has 0 radical (unpaired) electrons. The van der Waals surface area contributed by atoms with Crippen LogP contribution in [-0.2, 0) is 10.0 Å². The maximum absolute atomic E-state index is 11.8. The molecule has 134 valence electrons. The van der Waals surface area contributed by atoms with Crippen molar-refractivity contribution in [2.45, 2.75) is 52.0 Å². The Morgan fingerprint density at radius 1 is 1.26 bits per heavy atom. The molecule has 0 amide bonds. The van der Waals surface area contributed by atoms with E-state index in [0.717, 1.165) is 24.2 Å². The van der Waals surface area contributed by atoms with E-state index >= 15 is 0 Å². The lowest BCUT2D eigenvalue weighted by Gasteiger charge is -2.32. The zero-order chi connectivity index (χ0) is 16.9. The second-order valence-corrected chi connectivity index (χ2v) is 9.16. The number of rotatable bonds is 5. The van der Waals surface area contributed by atoms with Crippen LogP contribution in [0.5, 0.6) is 0 Å². The second-order valence-electron chi connectivity index (χ2n) is 7.07. The van der Waals surface area contributed by atoms with Gasteiger partial charge in [0.05, 0.1) is 5.75 Å². The molecular weight excluding hydrogens is 312 g/mol. The van der Waals surface area contributed by atoms with E-state index in [1.54, 1.807) is 11.4 Å². The van der Waals surface area contributed by atoms with E-state index in [2.05, 4.69) is 29.5 Å². The van der Waals surface area contributed by atoms with Crippen LogP contribution in [0.2, 0.25) is 0 Å². The number of hydrogen-bond donors (Lipinski definition) is 2. The summed E-state index contributed by atoms with van der Waals surface area (Å²) in [5, 5.41) is 6.73. The Morgan fingerprint density at radius 2 is 1.96 bits per heavy atom. The van der Waals surface area contributed by atoms with Gasteiger partial charge in [-0.3, -0.25) is 4.99 Å². The predicted molar refractivity (Wildman–Crippen MR) is 95.1 cm³/mol. The van der Waals surface area contributed by atoms with Gasteiger partial charge in [-0.2, -0.15) is 0 Å². The molecule has 0 aromatic heterocycles. The van der Waals surface area contributed by atoms with Crippen LogP contribution in [0.4, 0.5) is 0 Å². The van der Waals surface area contributed by atoms with Crippen molar-refractivity contribution in [1.29, 1.82) is 0 Å². The second kappa shape index (κ2) is 8.33. The highest BCUT2D eigenvalue weighted by molar-refractivity contribution is 7.89. The molecular formula is C16H32N4O2S. The molecule has 2 fully saturated rings. The first-order valence-electron chi connectivity index (χ1n) is 8.87. The van der Waals surface area contributed by atoms with Crippen LogP contribution in [0.15, 0.2) is 4.99 Å². The van der Waals surface area contributed by atoms with Gasteiger partial charge in [0.25, 0.3) is 0 Å². The standard InChI is InChI=1S/C16H32N4O2S/c1-13(2)14-5-7-15(8-6-14)19-16(17-3)18-9-11-20-10-4-12-23(20,21)22/h13-15H,4-12H2,1-3H3,(H2,17,18,19). The number of aliphatic imine (C=N–C) groups is 1. The molecule has 0 atom stereocenters. The lowest BCUT2D eigenvalue weighted by molar-refractivity contribution is 0.250. The fourth-order valence-corrected chi connectivity index (χ4v) is 5.09. The number of hydrogen-bond acceptors (Lipinski definition) is 3. The lowest BCUT2D eigenvalue weighted by Crippen LogP contribution is -2.47. The van der Waals surface area contributed by atoms with Crippen molar-refractivity contribution < 1.29 is 8.42 Å². The molecule has 1 heterocycles. The van der Waals surface area contributed by atoms with Gasteiger partial charge < -0.3 is 10.6 Å². The molecule has 1 saturated carbocycles. The Kier molecular flexibility index (Phi) is 6.71. The van der Waals surface area contributed by atoms with E-state index < -0.39 is 10.0 Å². The fraction of sp³-hybridized carbons (Fsp3) is 0.938. The Bertz CT molecular complexity index is 496. The summed E-state index contributed by atoms with van der Waals surface area (Å²) in [7, 11) is -1.23. The normalized spacial score (nSPS) is 29.0. The summed E-state index contributed by atoms with van der Waals surface area (Å²) in [6.07, 6.45) is 5.67. The molecule has 1 aliphatic heterocycles. The average Bonchev–Trinajstić information content (AvgIpc) is 2.85. The summed E-state index contributed by atoms with van der Waals surface area (Å²) in [4.78, 5) is 4.26. The summed E-state index contributed by atoms with van der Waals surface area (Å²) < 4.78 is 25.1. The first-order chi connectivity index (χ1) is 10.9. The van der Waals surface area contributed by atoms with Crippen molar-refractivity contribution >= 4 is 16.0 Å². The highest BCUT2D eigenvalue weighted by atomic mass is 32.2. The van der Waals surface area contributed by atoms with Gasteiger partial charge in [0, 0.05) is 32.7 Å². The van der Waals surface area contributed by atoms with Crippen molar-refractivity contribution in [3.8, 4) is 0 Å². The lowest BCUT2D eigenvalue weighted by atomic mass is 9.80. The topological polar surface area (TPSA) is 73.8 Å². The zero-order valence-electron chi connectivity index (χ0n) is 14.7. The van der Waals surface area contributed by atoms with Crippen LogP contribution in [0.3, 0.4) is 0 Å². The third-order valence-corrected chi connectivity index (χ3v) is 7.09. The maximum Gasteiger partial charge on any atom is 0.214 e. The molecule has 0 unspecified atom stereocenters. The first-order valence-corrected chi connectivity index (χ1v) is 10.5. The largest absolute Gasteiger partial charge is 0.355 e. The highest BCUT2D eigenvalue weighted by Crippen LogP contribution is 2.29. The predicted octanol–water partition coefficient (Wildman–Crippen LogP) is 1.40. The van der Waals surface area contributed by atoms with Crippen LogP contribution in [-0.4, -0.2) is 57.2 Å².